The second-order valence-electron chi connectivity index (χ2n) is 7.54. The van der Waals surface area contributed by atoms with Gasteiger partial charge in [-0.3, -0.25) is 4.79 Å². The van der Waals surface area contributed by atoms with Gasteiger partial charge in [0.1, 0.15) is 11.0 Å². The van der Waals surface area contributed by atoms with Gasteiger partial charge in [0.15, 0.2) is 4.34 Å². The minimum absolute atomic E-state index is 0.184. The van der Waals surface area contributed by atoms with Gasteiger partial charge in [-0.2, -0.15) is 0 Å². The Balaban J connectivity index is 1.52. The Kier molecular flexibility index (Phi) is 7.72. The smallest absolute Gasteiger partial charge is 0.242 e. The number of hydrogen-bond donors (Lipinski definition) is 2. The SMILES string of the molecule is COc1ccc(NC(=O)[C@H](Sc2nnc(Nc3ccc(C)c(C)c3)s2)c2ccccc2)cc1Cl. The van der Waals surface area contributed by atoms with Crippen molar-refractivity contribution in [2.75, 3.05) is 17.7 Å². The summed E-state index contributed by atoms with van der Waals surface area (Å²) in [5.41, 5.74) is 4.83. The van der Waals surface area contributed by atoms with E-state index in [9.17, 15) is 4.79 Å². The van der Waals surface area contributed by atoms with Crippen molar-refractivity contribution < 1.29 is 9.53 Å². The Morgan fingerprint density at radius 1 is 1.00 bits per heavy atom. The highest BCUT2D eigenvalue weighted by Gasteiger charge is 2.24. The summed E-state index contributed by atoms with van der Waals surface area (Å²) in [7, 11) is 1.55. The monoisotopic (exact) mass is 510 g/mol. The normalized spacial score (nSPS) is 11.6. The van der Waals surface area contributed by atoms with Crippen LogP contribution in [0.3, 0.4) is 0 Å². The first-order chi connectivity index (χ1) is 16.4. The van der Waals surface area contributed by atoms with Gasteiger partial charge in [0.25, 0.3) is 0 Å². The van der Waals surface area contributed by atoms with Crippen molar-refractivity contribution in [3.63, 3.8) is 0 Å². The molecule has 0 bridgehead atoms. The summed E-state index contributed by atoms with van der Waals surface area (Å²) in [6, 6.07) is 20.9. The van der Waals surface area contributed by atoms with Crippen molar-refractivity contribution in [2.45, 2.75) is 23.4 Å². The van der Waals surface area contributed by atoms with Crippen molar-refractivity contribution in [2.24, 2.45) is 0 Å². The Morgan fingerprint density at radius 2 is 1.76 bits per heavy atom. The second-order valence-corrected chi connectivity index (χ2v) is 10.3. The zero-order chi connectivity index (χ0) is 24.1. The summed E-state index contributed by atoms with van der Waals surface area (Å²) in [5, 5.41) is 15.4. The fraction of sp³-hybridized carbons (Fsp3) is 0.160. The number of carbonyl (C=O) groups excluding carboxylic acids is 1. The molecule has 1 atom stereocenters. The quantitative estimate of drug-likeness (QED) is 0.248. The number of hydrogen-bond acceptors (Lipinski definition) is 7. The number of methoxy groups -OCH3 is 1. The van der Waals surface area contributed by atoms with E-state index in [1.165, 1.54) is 34.2 Å². The Hall–Kier alpha value is -3.07. The minimum atomic E-state index is -0.524. The predicted octanol–water partition coefficient (Wildman–Crippen LogP) is 7.03. The molecular formula is C25H23ClN4O2S2. The van der Waals surface area contributed by atoms with Crippen LogP contribution in [0.2, 0.25) is 5.02 Å². The Labute approximate surface area is 211 Å². The molecule has 2 N–H and O–H groups in total. The van der Waals surface area contributed by atoms with E-state index in [2.05, 4.69) is 46.8 Å². The average Bonchev–Trinajstić information content (AvgIpc) is 3.27. The lowest BCUT2D eigenvalue weighted by atomic mass is 10.1. The van der Waals surface area contributed by atoms with E-state index in [4.69, 9.17) is 16.3 Å². The van der Waals surface area contributed by atoms with E-state index in [1.54, 1.807) is 25.3 Å². The number of aryl methyl sites for hydroxylation is 2. The summed E-state index contributed by atoms with van der Waals surface area (Å²) in [4.78, 5) is 13.3. The van der Waals surface area contributed by atoms with Crippen LogP contribution in [-0.2, 0) is 4.79 Å². The maximum absolute atomic E-state index is 13.3. The Bertz CT molecular complexity index is 1300. The molecule has 0 aliphatic rings. The first-order valence-corrected chi connectivity index (χ1v) is 12.5. The van der Waals surface area contributed by atoms with E-state index < -0.39 is 5.25 Å². The van der Waals surface area contributed by atoms with Crippen LogP contribution in [0, 0.1) is 13.8 Å². The molecule has 0 radical (unpaired) electrons. The maximum Gasteiger partial charge on any atom is 0.242 e. The number of ether oxygens (including phenoxy) is 1. The van der Waals surface area contributed by atoms with E-state index in [1.807, 2.05) is 36.4 Å². The third kappa shape index (κ3) is 5.88. The van der Waals surface area contributed by atoms with Crippen LogP contribution in [0.5, 0.6) is 5.75 Å². The van der Waals surface area contributed by atoms with Gasteiger partial charge in [-0.15, -0.1) is 10.2 Å². The third-order valence-corrected chi connectivity index (χ3v) is 7.62. The number of carbonyl (C=O) groups is 1. The minimum Gasteiger partial charge on any atom is -0.495 e. The third-order valence-electron chi connectivity index (χ3n) is 5.14. The molecule has 9 heteroatoms. The van der Waals surface area contributed by atoms with Crippen LogP contribution < -0.4 is 15.4 Å². The molecule has 0 spiro atoms. The molecular weight excluding hydrogens is 488 g/mol. The van der Waals surface area contributed by atoms with Crippen LogP contribution in [-0.4, -0.2) is 23.2 Å². The molecule has 3 aromatic carbocycles. The van der Waals surface area contributed by atoms with Crippen molar-refractivity contribution in [1.82, 2.24) is 10.2 Å². The molecule has 0 fully saturated rings. The number of nitrogens with zero attached hydrogens (tertiary/aromatic N) is 2. The molecule has 1 heterocycles. The molecule has 0 aliphatic heterocycles. The van der Waals surface area contributed by atoms with Gasteiger partial charge in [-0.1, -0.05) is 71.1 Å². The zero-order valence-corrected chi connectivity index (χ0v) is 21.2. The van der Waals surface area contributed by atoms with E-state index >= 15 is 0 Å². The van der Waals surface area contributed by atoms with Crippen LogP contribution in [0.25, 0.3) is 0 Å². The Morgan fingerprint density at radius 3 is 2.47 bits per heavy atom. The number of aromatic nitrogens is 2. The van der Waals surface area contributed by atoms with Gasteiger partial charge in [0.2, 0.25) is 11.0 Å². The van der Waals surface area contributed by atoms with Crippen molar-refractivity contribution in [1.29, 1.82) is 0 Å². The van der Waals surface area contributed by atoms with Gasteiger partial charge in [0, 0.05) is 11.4 Å². The fourth-order valence-corrected chi connectivity index (χ4v) is 5.43. The number of rotatable bonds is 8. The fourth-order valence-electron chi connectivity index (χ4n) is 3.20. The molecule has 0 saturated heterocycles. The summed E-state index contributed by atoms with van der Waals surface area (Å²) in [6.07, 6.45) is 0. The number of thioether (sulfide) groups is 1. The number of anilines is 3. The lowest BCUT2D eigenvalue weighted by Crippen LogP contribution is -2.19. The molecule has 0 unspecified atom stereocenters. The zero-order valence-electron chi connectivity index (χ0n) is 18.8. The molecule has 4 rings (SSSR count). The molecule has 4 aromatic rings. The number of benzene rings is 3. The highest BCUT2D eigenvalue weighted by molar-refractivity contribution is 8.02. The summed E-state index contributed by atoms with van der Waals surface area (Å²) in [5.74, 6) is 0.364. The second kappa shape index (κ2) is 10.9. The molecule has 0 saturated carbocycles. The molecule has 0 aliphatic carbocycles. The first kappa shape index (κ1) is 24.1. The summed E-state index contributed by atoms with van der Waals surface area (Å²) in [6.45, 7) is 4.15. The van der Waals surface area contributed by atoms with Gasteiger partial charge >= 0.3 is 0 Å². The summed E-state index contributed by atoms with van der Waals surface area (Å²) < 4.78 is 5.87. The van der Waals surface area contributed by atoms with Crippen molar-refractivity contribution in [3.05, 3.63) is 88.4 Å². The van der Waals surface area contributed by atoms with Crippen LogP contribution in [0.15, 0.2) is 71.1 Å². The van der Waals surface area contributed by atoms with Gasteiger partial charge in [0.05, 0.1) is 12.1 Å². The van der Waals surface area contributed by atoms with Gasteiger partial charge in [-0.25, -0.2) is 0 Å². The van der Waals surface area contributed by atoms with Crippen LogP contribution in [0.4, 0.5) is 16.5 Å². The van der Waals surface area contributed by atoms with Gasteiger partial charge < -0.3 is 15.4 Å². The highest BCUT2D eigenvalue weighted by Crippen LogP contribution is 2.39. The van der Waals surface area contributed by atoms with E-state index in [0.717, 1.165) is 11.3 Å². The van der Waals surface area contributed by atoms with E-state index in [0.29, 0.717) is 25.9 Å². The first-order valence-electron chi connectivity index (χ1n) is 10.5. The molecule has 6 nitrogen and oxygen atoms in total. The van der Waals surface area contributed by atoms with Crippen LogP contribution >= 0.6 is 34.7 Å². The number of nitrogens with one attached hydrogen (secondary N) is 2. The standard InChI is InChI=1S/C25H23ClN4O2S2/c1-15-9-10-18(13-16(15)2)28-24-29-30-25(34-24)33-22(17-7-5-4-6-8-17)23(31)27-19-11-12-21(32-3)20(26)14-19/h4-14,22H,1-3H3,(H,27,31)(H,28,29)/t22-/m1/s1. The van der Waals surface area contributed by atoms with E-state index in [-0.39, 0.29) is 5.91 Å². The predicted molar refractivity (Wildman–Crippen MR) is 141 cm³/mol. The van der Waals surface area contributed by atoms with Gasteiger partial charge in [-0.05, 0) is 60.9 Å². The maximum atomic E-state index is 13.3. The average molecular weight is 511 g/mol. The molecule has 1 aromatic heterocycles. The topological polar surface area (TPSA) is 76.1 Å². The van der Waals surface area contributed by atoms with Crippen molar-refractivity contribution >= 4 is 57.1 Å². The molecule has 1 amide bonds. The summed E-state index contributed by atoms with van der Waals surface area (Å²) >= 11 is 8.98. The van der Waals surface area contributed by atoms with Crippen molar-refractivity contribution in [3.8, 4) is 5.75 Å². The van der Waals surface area contributed by atoms with Crippen LogP contribution in [0.1, 0.15) is 21.9 Å². The largest absolute Gasteiger partial charge is 0.495 e. The lowest BCUT2D eigenvalue weighted by molar-refractivity contribution is -0.115. The lowest BCUT2D eigenvalue weighted by Gasteiger charge is -2.16. The molecule has 34 heavy (non-hydrogen) atoms. The number of halogens is 1. The number of amides is 1. The molecule has 174 valence electrons. The highest BCUT2D eigenvalue weighted by atomic mass is 35.5.